The van der Waals surface area contributed by atoms with E-state index >= 15 is 0 Å². The first-order chi connectivity index (χ1) is 11.8. The summed E-state index contributed by atoms with van der Waals surface area (Å²) in [4.78, 5) is 14.9. The number of ether oxygens (including phenoxy) is 1. The van der Waals surface area contributed by atoms with Crippen LogP contribution in [-0.2, 0) is 4.79 Å². The molecule has 0 spiro atoms. The Morgan fingerprint density at radius 1 is 1.33 bits per heavy atom. The molecular weight excluding hydrogens is 302 g/mol. The molecule has 2 fully saturated rings. The first kappa shape index (κ1) is 17.2. The fourth-order valence-electron chi connectivity index (χ4n) is 3.83. The SMILES string of the molecule is COc1ccccc1C(CNC(=O)C1CCNC1)N1CCCCC1. The zero-order valence-electron chi connectivity index (χ0n) is 14.6. The highest BCUT2D eigenvalue weighted by Crippen LogP contribution is 2.31. The van der Waals surface area contributed by atoms with Gasteiger partial charge in [-0.15, -0.1) is 0 Å². The molecule has 0 saturated carbocycles. The summed E-state index contributed by atoms with van der Waals surface area (Å²) < 4.78 is 5.57. The molecule has 0 radical (unpaired) electrons. The van der Waals surface area contributed by atoms with Gasteiger partial charge in [0.2, 0.25) is 5.91 Å². The van der Waals surface area contributed by atoms with Crippen LogP contribution in [-0.4, -0.2) is 50.6 Å². The fourth-order valence-corrected chi connectivity index (χ4v) is 3.83. The van der Waals surface area contributed by atoms with Crippen molar-refractivity contribution in [1.29, 1.82) is 0 Å². The summed E-state index contributed by atoms with van der Waals surface area (Å²) in [5.41, 5.74) is 1.17. The van der Waals surface area contributed by atoms with Gasteiger partial charge in [-0.1, -0.05) is 24.6 Å². The minimum atomic E-state index is 0.115. The van der Waals surface area contributed by atoms with Crippen LogP contribution >= 0.6 is 0 Å². The average Bonchev–Trinajstić information content (AvgIpc) is 3.18. The number of methoxy groups -OCH3 is 1. The predicted octanol–water partition coefficient (Wildman–Crippen LogP) is 1.95. The number of hydrogen-bond donors (Lipinski definition) is 2. The standard InChI is InChI=1S/C19H29N3O2/c1-24-18-8-4-3-7-16(18)17(22-11-5-2-6-12-22)14-21-19(23)15-9-10-20-13-15/h3-4,7-8,15,17,20H,2,5-6,9-14H2,1H3,(H,21,23). The summed E-state index contributed by atoms with van der Waals surface area (Å²) in [5.74, 6) is 1.20. The van der Waals surface area contributed by atoms with E-state index in [1.165, 1.54) is 24.8 Å². The van der Waals surface area contributed by atoms with Crippen molar-refractivity contribution in [2.24, 2.45) is 5.92 Å². The molecule has 2 saturated heterocycles. The van der Waals surface area contributed by atoms with E-state index in [4.69, 9.17) is 4.74 Å². The van der Waals surface area contributed by atoms with Crippen molar-refractivity contribution < 1.29 is 9.53 Å². The number of rotatable bonds is 6. The zero-order valence-corrected chi connectivity index (χ0v) is 14.6. The van der Waals surface area contributed by atoms with Crippen LogP contribution in [0.5, 0.6) is 5.75 Å². The van der Waals surface area contributed by atoms with Crippen LogP contribution in [0.4, 0.5) is 0 Å². The lowest BCUT2D eigenvalue weighted by molar-refractivity contribution is -0.124. The lowest BCUT2D eigenvalue weighted by atomic mass is 10.00. The predicted molar refractivity (Wildman–Crippen MR) is 95.1 cm³/mol. The van der Waals surface area contributed by atoms with Gasteiger partial charge in [-0.3, -0.25) is 9.69 Å². The third kappa shape index (κ3) is 4.08. The molecule has 2 unspecified atom stereocenters. The molecule has 0 aliphatic carbocycles. The Kier molecular flexibility index (Phi) is 6.10. The molecule has 3 rings (SSSR count). The molecule has 1 aromatic carbocycles. The number of nitrogens with one attached hydrogen (secondary N) is 2. The molecule has 132 valence electrons. The van der Waals surface area contributed by atoms with Crippen LogP contribution in [0, 0.1) is 5.92 Å². The number of likely N-dealkylation sites (tertiary alicyclic amines) is 1. The van der Waals surface area contributed by atoms with Gasteiger partial charge in [-0.2, -0.15) is 0 Å². The number of carbonyl (C=O) groups is 1. The van der Waals surface area contributed by atoms with Crippen LogP contribution in [0.3, 0.4) is 0 Å². The van der Waals surface area contributed by atoms with Crippen molar-refractivity contribution in [3.05, 3.63) is 29.8 Å². The third-order valence-electron chi connectivity index (χ3n) is 5.23. The Balaban J connectivity index is 1.72. The quantitative estimate of drug-likeness (QED) is 0.837. The molecular formula is C19H29N3O2. The maximum atomic E-state index is 12.4. The van der Waals surface area contributed by atoms with Crippen LogP contribution in [0.2, 0.25) is 0 Å². The van der Waals surface area contributed by atoms with Gasteiger partial charge in [-0.25, -0.2) is 0 Å². The number of benzene rings is 1. The first-order valence-electron chi connectivity index (χ1n) is 9.15. The fraction of sp³-hybridized carbons (Fsp3) is 0.632. The van der Waals surface area contributed by atoms with Gasteiger partial charge in [-0.05, 0) is 45.0 Å². The van der Waals surface area contributed by atoms with Crippen LogP contribution in [0.15, 0.2) is 24.3 Å². The number of carbonyl (C=O) groups excluding carboxylic acids is 1. The highest BCUT2D eigenvalue weighted by Gasteiger charge is 2.27. The van der Waals surface area contributed by atoms with Gasteiger partial charge in [0.15, 0.2) is 0 Å². The Morgan fingerprint density at radius 2 is 2.12 bits per heavy atom. The highest BCUT2D eigenvalue weighted by molar-refractivity contribution is 5.79. The molecule has 2 aliphatic rings. The van der Waals surface area contributed by atoms with E-state index < -0.39 is 0 Å². The molecule has 5 heteroatoms. The molecule has 0 aromatic heterocycles. The normalized spacial score (nSPS) is 23.0. The van der Waals surface area contributed by atoms with Crippen LogP contribution in [0.1, 0.15) is 37.3 Å². The number of hydrogen-bond acceptors (Lipinski definition) is 4. The number of para-hydroxylation sites is 1. The molecule has 0 bridgehead atoms. The molecule has 2 heterocycles. The van der Waals surface area contributed by atoms with E-state index in [1.54, 1.807) is 7.11 Å². The second-order valence-corrected chi connectivity index (χ2v) is 6.79. The van der Waals surface area contributed by atoms with Gasteiger partial charge in [0.1, 0.15) is 5.75 Å². The van der Waals surface area contributed by atoms with Crippen molar-refractivity contribution in [2.45, 2.75) is 31.7 Å². The molecule has 2 N–H and O–H groups in total. The van der Waals surface area contributed by atoms with E-state index in [1.807, 2.05) is 12.1 Å². The largest absolute Gasteiger partial charge is 0.496 e. The molecule has 5 nitrogen and oxygen atoms in total. The summed E-state index contributed by atoms with van der Waals surface area (Å²) in [7, 11) is 1.72. The number of nitrogens with zero attached hydrogens (tertiary/aromatic N) is 1. The minimum absolute atomic E-state index is 0.115. The van der Waals surface area contributed by atoms with Gasteiger partial charge < -0.3 is 15.4 Å². The van der Waals surface area contributed by atoms with E-state index in [9.17, 15) is 4.79 Å². The minimum Gasteiger partial charge on any atom is -0.496 e. The number of piperidine rings is 1. The van der Waals surface area contributed by atoms with E-state index in [2.05, 4.69) is 27.7 Å². The molecule has 24 heavy (non-hydrogen) atoms. The Labute approximate surface area is 144 Å². The lowest BCUT2D eigenvalue weighted by Gasteiger charge is -2.35. The Morgan fingerprint density at radius 3 is 2.83 bits per heavy atom. The summed E-state index contributed by atoms with van der Waals surface area (Å²) in [6.07, 6.45) is 4.70. The summed E-state index contributed by atoms with van der Waals surface area (Å²) >= 11 is 0. The van der Waals surface area contributed by atoms with Crippen molar-refractivity contribution in [1.82, 2.24) is 15.5 Å². The molecule has 1 amide bonds. The smallest absolute Gasteiger partial charge is 0.224 e. The van der Waals surface area contributed by atoms with Crippen molar-refractivity contribution >= 4 is 5.91 Å². The maximum Gasteiger partial charge on any atom is 0.224 e. The second kappa shape index (κ2) is 8.49. The molecule has 1 aromatic rings. The van der Waals surface area contributed by atoms with Gasteiger partial charge in [0.05, 0.1) is 19.1 Å². The lowest BCUT2D eigenvalue weighted by Crippen LogP contribution is -2.42. The van der Waals surface area contributed by atoms with Gasteiger partial charge in [0.25, 0.3) is 0 Å². The Bertz CT molecular complexity index is 537. The third-order valence-corrected chi connectivity index (χ3v) is 5.23. The van der Waals surface area contributed by atoms with E-state index in [0.29, 0.717) is 6.54 Å². The highest BCUT2D eigenvalue weighted by atomic mass is 16.5. The monoisotopic (exact) mass is 331 g/mol. The topological polar surface area (TPSA) is 53.6 Å². The Hall–Kier alpha value is -1.59. The van der Waals surface area contributed by atoms with Crippen LogP contribution in [0.25, 0.3) is 0 Å². The average molecular weight is 331 g/mol. The van der Waals surface area contributed by atoms with Gasteiger partial charge in [0, 0.05) is 18.7 Å². The molecule has 2 aliphatic heterocycles. The summed E-state index contributed by atoms with van der Waals surface area (Å²) in [5, 5.41) is 6.46. The zero-order chi connectivity index (χ0) is 16.8. The van der Waals surface area contributed by atoms with Crippen molar-refractivity contribution in [3.63, 3.8) is 0 Å². The van der Waals surface area contributed by atoms with Crippen molar-refractivity contribution in [2.75, 3.05) is 39.8 Å². The summed E-state index contributed by atoms with van der Waals surface area (Å²) in [6, 6.07) is 8.37. The second-order valence-electron chi connectivity index (χ2n) is 6.79. The van der Waals surface area contributed by atoms with E-state index in [0.717, 1.165) is 38.3 Å². The van der Waals surface area contributed by atoms with Crippen molar-refractivity contribution in [3.8, 4) is 5.75 Å². The van der Waals surface area contributed by atoms with Gasteiger partial charge >= 0.3 is 0 Å². The number of amides is 1. The van der Waals surface area contributed by atoms with E-state index in [-0.39, 0.29) is 17.9 Å². The molecule has 2 atom stereocenters. The summed E-state index contributed by atoms with van der Waals surface area (Å²) in [6.45, 7) is 4.57. The first-order valence-corrected chi connectivity index (χ1v) is 9.15. The maximum absolute atomic E-state index is 12.4. The van der Waals surface area contributed by atoms with Crippen LogP contribution < -0.4 is 15.4 Å².